The molecule has 0 bridgehead atoms. The smallest absolute Gasteiger partial charge is 0.184 e. The quantitative estimate of drug-likeness (QED) is 0.738. The number of nitrogens with zero attached hydrogens (tertiary/aromatic N) is 1. The van der Waals surface area contributed by atoms with Crippen LogP contribution < -0.4 is 11.1 Å². The maximum absolute atomic E-state index is 5.51. The predicted molar refractivity (Wildman–Crippen MR) is 52.4 cm³/mol. The third-order valence-electron chi connectivity index (χ3n) is 2.20. The average Bonchev–Trinajstić information content (AvgIpc) is 2.63. The highest BCUT2D eigenvalue weighted by Crippen LogP contribution is 2.24. The number of nitrogens with one attached hydrogen (secondary N) is 1. The largest absolute Gasteiger partial charge is 0.383 e. The Balaban J connectivity index is 1.94. The van der Waals surface area contributed by atoms with E-state index >= 15 is 0 Å². The fourth-order valence-electron chi connectivity index (χ4n) is 1.60. The summed E-state index contributed by atoms with van der Waals surface area (Å²) in [6.45, 7) is 0. The molecule has 3 N–H and O–H groups in total. The van der Waals surface area contributed by atoms with Gasteiger partial charge in [0.1, 0.15) is 5.82 Å². The SMILES string of the molecule is Nc1csc(NC2CCCC2)n1. The second-order valence-corrected chi connectivity index (χ2v) is 4.06. The maximum atomic E-state index is 5.51. The lowest BCUT2D eigenvalue weighted by Gasteiger charge is -2.08. The summed E-state index contributed by atoms with van der Waals surface area (Å²) >= 11 is 1.59. The molecular weight excluding hydrogens is 170 g/mol. The van der Waals surface area contributed by atoms with E-state index in [-0.39, 0.29) is 0 Å². The van der Waals surface area contributed by atoms with Gasteiger partial charge in [-0.3, -0.25) is 0 Å². The summed E-state index contributed by atoms with van der Waals surface area (Å²) in [5.41, 5.74) is 5.51. The van der Waals surface area contributed by atoms with Crippen molar-refractivity contribution in [3.63, 3.8) is 0 Å². The molecule has 1 aliphatic rings. The molecule has 1 fully saturated rings. The van der Waals surface area contributed by atoms with Gasteiger partial charge in [-0.25, -0.2) is 4.98 Å². The van der Waals surface area contributed by atoms with E-state index in [0.717, 1.165) is 5.13 Å². The zero-order valence-electron chi connectivity index (χ0n) is 6.92. The summed E-state index contributed by atoms with van der Waals surface area (Å²) in [6.07, 6.45) is 5.25. The lowest BCUT2D eigenvalue weighted by molar-refractivity contribution is 0.754. The summed E-state index contributed by atoms with van der Waals surface area (Å²) in [4.78, 5) is 4.16. The number of thiazole rings is 1. The number of hydrogen-bond donors (Lipinski definition) is 2. The molecule has 0 radical (unpaired) electrons. The first-order valence-corrected chi connectivity index (χ1v) is 5.20. The van der Waals surface area contributed by atoms with Crippen molar-refractivity contribution >= 4 is 22.3 Å². The predicted octanol–water partition coefficient (Wildman–Crippen LogP) is 2.08. The Morgan fingerprint density at radius 1 is 1.50 bits per heavy atom. The molecule has 1 aliphatic carbocycles. The van der Waals surface area contributed by atoms with E-state index in [1.165, 1.54) is 25.7 Å². The summed E-state index contributed by atoms with van der Waals surface area (Å²) in [5, 5.41) is 6.23. The lowest BCUT2D eigenvalue weighted by Crippen LogP contribution is -2.14. The second-order valence-electron chi connectivity index (χ2n) is 3.20. The van der Waals surface area contributed by atoms with E-state index in [9.17, 15) is 0 Å². The van der Waals surface area contributed by atoms with Crippen LogP contribution in [0.1, 0.15) is 25.7 Å². The van der Waals surface area contributed by atoms with Crippen LogP contribution in [-0.2, 0) is 0 Å². The molecule has 0 atom stereocenters. The summed E-state index contributed by atoms with van der Waals surface area (Å²) in [5.74, 6) is 0.625. The second kappa shape index (κ2) is 3.31. The summed E-state index contributed by atoms with van der Waals surface area (Å²) in [6, 6.07) is 0.635. The monoisotopic (exact) mass is 183 g/mol. The van der Waals surface area contributed by atoms with Gasteiger partial charge in [-0.1, -0.05) is 12.8 Å². The minimum Gasteiger partial charge on any atom is -0.383 e. The fraction of sp³-hybridized carbons (Fsp3) is 0.625. The van der Waals surface area contributed by atoms with Gasteiger partial charge in [-0.05, 0) is 12.8 Å². The molecule has 2 rings (SSSR count). The van der Waals surface area contributed by atoms with E-state index in [2.05, 4.69) is 10.3 Å². The van der Waals surface area contributed by atoms with Gasteiger partial charge >= 0.3 is 0 Å². The zero-order chi connectivity index (χ0) is 8.39. The molecule has 0 unspecified atom stereocenters. The normalized spacial score (nSPS) is 18.3. The van der Waals surface area contributed by atoms with Crippen LogP contribution in [0.2, 0.25) is 0 Å². The number of hydrogen-bond acceptors (Lipinski definition) is 4. The van der Waals surface area contributed by atoms with E-state index in [1.807, 2.05) is 5.38 Å². The molecule has 0 amide bonds. The van der Waals surface area contributed by atoms with Crippen molar-refractivity contribution in [2.45, 2.75) is 31.7 Å². The number of anilines is 2. The standard InChI is InChI=1S/C8H13N3S/c9-7-5-12-8(11-7)10-6-3-1-2-4-6/h5-6H,1-4,9H2,(H,10,11). The Bertz CT molecular complexity index is 253. The molecule has 4 heteroatoms. The number of nitrogen functional groups attached to an aromatic ring is 1. The highest BCUT2D eigenvalue weighted by atomic mass is 32.1. The maximum Gasteiger partial charge on any atom is 0.184 e. The molecule has 66 valence electrons. The van der Waals surface area contributed by atoms with Gasteiger partial charge in [0.25, 0.3) is 0 Å². The number of rotatable bonds is 2. The molecule has 1 aromatic heterocycles. The lowest BCUT2D eigenvalue weighted by atomic mass is 10.3. The third kappa shape index (κ3) is 1.69. The minimum atomic E-state index is 0.625. The molecule has 0 aromatic carbocycles. The molecular formula is C8H13N3S. The van der Waals surface area contributed by atoms with E-state index in [0.29, 0.717) is 11.9 Å². The van der Waals surface area contributed by atoms with Gasteiger partial charge < -0.3 is 11.1 Å². The Morgan fingerprint density at radius 2 is 2.25 bits per heavy atom. The molecule has 0 saturated heterocycles. The van der Waals surface area contributed by atoms with Gasteiger partial charge in [0.15, 0.2) is 5.13 Å². The summed E-state index contributed by atoms with van der Waals surface area (Å²) < 4.78 is 0. The first-order chi connectivity index (χ1) is 5.84. The van der Waals surface area contributed by atoms with Crippen LogP contribution in [0, 0.1) is 0 Å². The molecule has 0 aliphatic heterocycles. The van der Waals surface area contributed by atoms with Gasteiger partial charge in [-0.15, -0.1) is 11.3 Å². The molecule has 12 heavy (non-hydrogen) atoms. The Hall–Kier alpha value is -0.770. The van der Waals surface area contributed by atoms with E-state index in [4.69, 9.17) is 5.73 Å². The fourth-order valence-corrected chi connectivity index (χ4v) is 2.28. The molecule has 3 nitrogen and oxygen atoms in total. The van der Waals surface area contributed by atoms with E-state index in [1.54, 1.807) is 11.3 Å². The average molecular weight is 183 g/mol. The Morgan fingerprint density at radius 3 is 2.83 bits per heavy atom. The van der Waals surface area contributed by atoms with Crippen LogP contribution in [-0.4, -0.2) is 11.0 Å². The van der Waals surface area contributed by atoms with Crippen LogP contribution in [0.15, 0.2) is 5.38 Å². The van der Waals surface area contributed by atoms with Crippen molar-refractivity contribution < 1.29 is 0 Å². The minimum absolute atomic E-state index is 0.625. The van der Waals surface area contributed by atoms with Crippen molar-refractivity contribution in [1.29, 1.82) is 0 Å². The zero-order valence-corrected chi connectivity index (χ0v) is 7.73. The molecule has 1 heterocycles. The Labute approximate surface area is 76.0 Å². The van der Waals surface area contributed by atoms with Crippen molar-refractivity contribution in [2.24, 2.45) is 0 Å². The van der Waals surface area contributed by atoms with Crippen LogP contribution in [0.25, 0.3) is 0 Å². The van der Waals surface area contributed by atoms with Crippen molar-refractivity contribution in [2.75, 3.05) is 11.1 Å². The third-order valence-corrected chi connectivity index (χ3v) is 3.00. The highest BCUT2D eigenvalue weighted by Gasteiger charge is 2.15. The highest BCUT2D eigenvalue weighted by molar-refractivity contribution is 7.14. The van der Waals surface area contributed by atoms with Crippen molar-refractivity contribution in [3.8, 4) is 0 Å². The van der Waals surface area contributed by atoms with Gasteiger partial charge in [0.05, 0.1) is 0 Å². The topological polar surface area (TPSA) is 50.9 Å². The first-order valence-electron chi connectivity index (χ1n) is 4.32. The van der Waals surface area contributed by atoms with Gasteiger partial charge in [0.2, 0.25) is 0 Å². The molecule has 1 saturated carbocycles. The van der Waals surface area contributed by atoms with Crippen molar-refractivity contribution in [3.05, 3.63) is 5.38 Å². The van der Waals surface area contributed by atoms with Crippen LogP contribution in [0.4, 0.5) is 10.9 Å². The van der Waals surface area contributed by atoms with Crippen LogP contribution in [0.3, 0.4) is 0 Å². The van der Waals surface area contributed by atoms with Gasteiger partial charge in [0, 0.05) is 11.4 Å². The van der Waals surface area contributed by atoms with Crippen LogP contribution in [0.5, 0.6) is 0 Å². The Kier molecular flexibility index (Phi) is 2.17. The van der Waals surface area contributed by atoms with Gasteiger partial charge in [-0.2, -0.15) is 0 Å². The van der Waals surface area contributed by atoms with Crippen LogP contribution >= 0.6 is 11.3 Å². The summed E-state index contributed by atoms with van der Waals surface area (Å²) in [7, 11) is 0. The number of aromatic nitrogens is 1. The number of nitrogens with two attached hydrogens (primary N) is 1. The van der Waals surface area contributed by atoms with E-state index < -0.39 is 0 Å². The molecule has 1 aromatic rings. The first kappa shape index (κ1) is 7.86. The van der Waals surface area contributed by atoms with Crippen molar-refractivity contribution in [1.82, 2.24) is 4.98 Å². The molecule has 0 spiro atoms.